The van der Waals surface area contributed by atoms with Gasteiger partial charge in [0, 0.05) is 14.1 Å². The van der Waals surface area contributed by atoms with Crippen molar-refractivity contribution in [3.8, 4) is 11.5 Å². The van der Waals surface area contributed by atoms with Gasteiger partial charge in [-0.15, -0.1) is 0 Å². The summed E-state index contributed by atoms with van der Waals surface area (Å²) in [6, 6.07) is 9.25. The van der Waals surface area contributed by atoms with Crippen molar-refractivity contribution in [2.75, 3.05) is 44.9 Å². The van der Waals surface area contributed by atoms with Crippen molar-refractivity contribution >= 4 is 43.2 Å². The van der Waals surface area contributed by atoms with E-state index in [0.29, 0.717) is 11.5 Å². The Bertz CT molecular complexity index is 1220. The summed E-state index contributed by atoms with van der Waals surface area (Å²) in [5.41, 5.74) is 0.222. The molecule has 10 nitrogen and oxygen atoms in total. The van der Waals surface area contributed by atoms with Gasteiger partial charge < -0.3 is 14.8 Å². The third kappa shape index (κ3) is 6.75. The molecular formula is C21H28ClN3O7S2. The fraction of sp³-hybridized carbons (Fsp3) is 0.381. The van der Waals surface area contributed by atoms with Gasteiger partial charge in [0.25, 0.3) is 0 Å². The zero-order chi connectivity index (χ0) is 25.7. The molecule has 13 heteroatoms. The van der Waals surface area contributed by atoms with Crippen LogP contribution in [0.4, 0.5) is 5.69 Å². The molecule has 0 heterocycles. The second-order valence-corrected chi connectivity index (χ2v) is 11.9. The minimum atomic E-state index is -3.81. The second-order valence-electron chi connectivity index (χ2n) is 7.45. The minimum Gasteiger partial charge on any atom is -0.495 e. The highest BCUT2D eigenvalue weighted by Crippen LogP contribution is 2.31. The molecule has 0 spiro atoms. The molecule has 2 rings (SSSR count). The van der Waals surface area contributed by atoms with Gasteiger partial charge in [0.15, 0.2) is 0 Å². The quantitative estimate of drug-likeness (QED) is 0.438. The van der Waals surface area contributed by atoms with Crippen molar-refractivity contribution in [2.45, 2.75) is 17.9 Å². The predicted molar refractivity (Wildman–Crippen MR) is 131 cm³/mol. The number of nitrogens with zero attached hydrogens (tertiary/aromatic N) is 2. The maximum Gasteiger partial charge on any atom is 0.243 e. The van der Waals surface area contributed by atoms with Crippen LogP contribution in [-0.2, 0) is 24.8 Å². The molecule has 0 bridgehead atoms. The molecule has 1 N–H and O–H groups in total. The predicted octanol–water partition coefficient (Wildman–Crippen LogP) is 1.95. The average molecular weight is 534 g/mol. The van der Waals surface area contributed by atoms with E-state index in [-0.39, 0.29) is 28.8 Å². The Balaban J connectivity index is 2.00. The molecule has 0 aliphatic rings. The third-order valence-corrected chi connectivity index (χ3v) is 8.12. The van der Waals surface area contributed by atoms with Gasteiger partial charge in [-0.25, -0.2) is 21.1 Å². The Kier molecular flexibility index (Phi) is 9.17. The lowest BCUT2D eigenvalue weighted by molar-refractivity contribution is -0.121. The van der Waals surface area contributed by atoms with E-state index in [1.807, 2.05) is 0 Å². The normalized spacial score (nSPS) is 12.8. The maximum atomic E-state index is 12.6. The zero-order valence-corrected chi connectivity index (χ0v) is 21.9. The van der Waals surface area contributed by atoms with Gasteiger partial charge in [-0.1, -0.05) is 11.6 Å². The maximum absolute atomic E-state index is 12.6. The van der Waals surface area contributed by atoms with Crippen molar-refractivity contribution in [2.24, 2.45) is 0 Å². The molecule has 1 amide bonds. The lowest BCUT2D eigenvalue weighted by Gasteiger charge is -2.28. The van der Waals surface area contributed by atoms with E-state index >= 15 is 0 Å². The van der Waals surface area contributed by atoms with E-state index < -0.39 is 32.0 Å². The van der Waals surface area contributed by atoms with Crippen LogP contribution in [-0.4, -0.2) is 73.7 Å². The highest BCUT2D eigenvalue weighted by Gasteiger charge is 2.29. The standard InChI is InChI=1S/C21H28ClN3O7S2/c1-15(25(33(5,27)28)16-6-11-20(31-4)19(22)14-16)21(26)23-12-13-32-17-7-9-18(10-8-17)34(29,30)24(2)3/h6-11,14-15H,12-13H2,1-5H3,(H,23,26)/t15-/m0/s1. The van der Waals surface area contributed by atoms with Gasteiger partial charge >= 0.3 is 0 Å². The molecule has 188 valence electrons. The summed E-state index contributed by atoms with van der Waals surface area (Å²) >= 11 is 6.12. The number of amides is 1. The third-order valence-electron chi connectivity index (χ3n) is 4.75. The zero-order valence-electron chi connectivity index (χ0n) is 19.5. The summed E-state index contributed by atoms with van der Waals surface area (Å²) in [6.45, 7) is 1.65. The lowest BCUT2D eigenvalue weighted by atomic mass is 10.2. The van der Waals surface area contributed by atoms with E-state index in [4.69, 9.17) is 21.1 Å². The molecule has 0 saturated carbocycles. The number of halogens is 1. The first-order valence-corrected chi connectivity index (χ1v) is 13.7. The van der Waals surface area contributed by atoms with E-state index in [2.05, 4.69) is 5.32 Å². The number of hydrogen-bond donors (Lipinski definition) is 1. The molecule has 2 aromatic rings. The van der Waals surface area contributed by atoms with Crippen molar-refractivity contribution in [1.82, 2.24) is 9.62 Å². The molecule has 0 fully saturated rings. The Morgan fingerprint density at radius 3 is 2.21 bits per heavy atom. The highest BCUT2D eigenvalue weighted by atomic mass is 35.5. The largest absolute Gasteiger partial charge is 0.495 e. The van der Waals surface area contributed by atoms with Gasteiger partial charge in [0.05, 0.1) is 35.5 Å². The van der Waals surface area contributed by atoms with Crippen LogP contribution in [0.25, 0.3) is 0 Å². The van der Waals surface area contributed by atoms with E-state index in [9.17, 15) is 21.6 Å². The monoisotopic (exact) mass is 533 g/mol. The van der Waals surface area contributed by atoms with Crippen LogP contribution in [0.15, 0.2) is 47.4 Å². The number of benzene rings is 2. The number of nitrogens with one attached hydrogen (secondary N) is 1. The first-order chi connectivity index (χ1) is 15.8. The molecule has 1 atom stereocenters. The molecule has 34 heavy (non-hydrogen) atoms. The fourth-order valence-electron chi connectivity index (χ4n) is 3.01. The van der Waals surface area contributed by atoms with Crippen molar-refractivity contribution < 1.29 is 31.1 Å². The molecular weight excluding hydrogens is 506 g/mol. The van der Waals surface area contributed by atoms with Gasteiger partial charge in [-0.3, -0.25) is 9.10 Å². The smallest absolute Gasteiger partial charge is 0.243 e. The van der Waals surface area contributed by atoms with Crippen molar-refractivity contribution in [3.05, 3.63) is 47.5 Å². The molecule has 0 aromatic heterocycles. The molecule has 0 aliphatic carbocycles. The van der Waals surface area contributed by atoms with E-state index in [1.54, 1.807) is 0 Å². The van der Waals surface area contributed by atoms with Crippen LogP contribution in [0.1, 0.15) is 6.92 Å². The molecule has 0 saturated heterocycles. The first-order valence-electron chi connectivity index (χ1n) is 10.0. The minimum absolute atomic E-state index is 0.0888. The number of rotatable bonds is 11. The molecule has 0 unspecified atom stereocenters. The number of carbonyl (C=O) groups excluding carboxylic acids is 1. The van der Waals surface area contributed by atoms with Crippen molar-refractivity contribution in [1.29, 1.82) is 0 Å². The first kappa shape index (κ1) is 27.7. The number of methoxy groups -OCH3 is 1. The van der Waals surface area contributed by atoms with Gasteiger partial charge in [-0.2, -0.15) is 0 Å². The number of anilines is 1. The Morgan fingerprint density at radius 2 is 1.71 bits per heavy atom. The summed E-state index contributed by atoms with van der Waals surface area (Å²) in [7, 11) is -3.02. The van der Waals surface area contributed by atoms with Crippen LogP contribution in [0.3, 0.4) is 0 Å². The highest BCUT2D eigenvalue weighted by molar-refractivity contribution is 7.92. The Hall–Kier alpha value is -2.54. The summed E-state index contributed by atoms with van der Waals surface area (Å²) < 4.78 is 61.7. The lowest BCUT2D eigenvalue weighted by Crippen LogP contribution is -2.48. The SMILES string of the molecule is COc1ccc(N([C@@H](C)C(=O)NCCOc2ccc(S(=O)(=O)N(C)C)cc2)S(C)(=O)=O)cc1Cl. The number of carbonyl (C=O) groups is 1. The van der Waals surface area contributed by atoms with Gasteiger partial charge in [0.2, 0.25) is 26.0 Å². The van der Waals surface area contributed by atoms with Crippen LogP contribution in [0.2, 0.25) is 5.02 Å². The Morgan fingerprint density at radius 1 is 1.09 bits per heavy atom. The topological polar surface area (TPSA) is 122 Å². The Labute approximate surface area is 205 Å². The summed E-state index contributed by atoms with van der Waals surface area (Å²) in [6.07, 6.45) is 0.998. The van der Waals surface area contributed by atoms with Crippen LogP contribution < -0.4 is 19.1 Å². The molecule has 0 aliphatic heterocycles. The molecule has 0 radical (unpaired) electrons. The summed E-state index contributed by atoms with van der Waals surface area (Å²) in [5, 5.41) is 2.84. The summed E-state index contributed by atoms with van der Waals surface area (Å²) in [5.74, 6) is 0.263. The number of sulfonamides is 2. The van der Waals surface area contributed by atoms with Crippen molar-refractivity contribution in [3.63, 3.8) is 0 Å². The molecule has 2 aromatic carbocycles. The van der Waals surface area contributed by atoms with Crippen LogP contribution in [0.5, 0.6) is 11.5 Å². The second kappa shape index (κ2) is 11.3. The summed E-state index contributed by atoms with van der Waals surface area (Å²) in [4.78, 5) is 12.8. The number of hydrogen-bond acceptors (Lipinski definition) is 7. The van der Waals surface area contributed by atoms with Gasteiger partial charge in [0.1, 0.15) is 24.1 Å². The van der Waals surface area contributed by atoms with Crippen LogP contribution >= 0.6 is 11.6 Å². The van der Waals surface area contributed by atoms with Gasteiger partial charge in [-0.05, 0) is 49.4 Å². The number of ether oxygens (including phenoxy) is 2. The van der Waals surface area contributed by atoms with E-state index in [1.165, 1.54) is 70.6 Å². The van der Waals surface area contributed by atoms with Crippen LogP contribution in [0, 0.1) is 0 Å². The fourth-order valence-corrected chi connectivity index (χ4v) is 5.33. The average Bonchev–Trinajstić information content (AvgIpc) is 2.76. The van der Waals surface area contributed by atoms with E-state index in [0.717, 1.165) is 14.9 Å².